The number of hydrogen-bond donors (Lipinski definition) is 0. The van der Waals surface area contributed by atoms with E-state index in [2.05, 4.69) is 17.2 Å². The summed E-state index contributed by atoms with van der Waals surface area (Å²) < 4.78 is 66.6. The summed E-state index contributed by atoms with van der Waals surface area (Å²) in [7, 11) is -4.00. The largest absolute Gasteiger partial charge is 0.416 e. The average Bonchev–Trinajstić information content (AvgIpc) is 3.15. The van der Waals surface area contributed by atoms with Crippen LogP contribution in [0.2, 0.25) is 0 Å². The molecule has 0 saturated heterocycles. The fourth-order valence-electron chi connectivity index (χ4n) is 2.93. The third kappa shape index (κ3) is 5.03. The first-order valence-electron chi connectivity index (χ1n) is 9.10. The van der Waals surface area contributed by atoms with Gasteiger partial charge < -0.3 is 0 Å². The highest BCUT2D eigenvalue weighted by Crippen LogP contribution is 2.33. The number of hydrogen-bond acceptors (Lipinski definition) is 4. The van der Waals surface area contributed by atoms with Crippen LogP contribution in [0.25, 0.3) is 5.69 Å². The van der Waals surface area contributed by atoms with Crippen molar-refractivity contribution in [3.63, 3.8) is 0 Å². The Morgan fingerprint density at radius 3 is 2.55 bits per heavy atom. The molecule has 3 aromatic rings. The van der Waals surface area contributed by atoms with Gasteiger partial charge in [0.2, 0.25) is 0 Å². The van der Waals surface area contributed by atoms with E-state index in [0.29, 0.717) is 5.69 Å². The van der Waals surface area contributed by atoms with Gasteiger partial charge in [0.15, 0.2) is 9.84 Å². The second-order valence-corrected chi connectivity index (χ2v) is 8.66. The molecule has 3 rings (SSSR count). The van der Waals surface area contributed by atoms with Crippen LogP contribution in [0.1, 0.15) is 36.6 Å². The molecule has 0 aliphatic rings. The molecule has 0 unspecified atom stereocenters. The van der Waals surface area contributed by atoms with Crippen molar-refractivity contribution in [3.05, 3.63) is 71.5 Å². The van der Waals surface area contributed by atoms with Gasteiger partial charge in [0.05, 0.1) is 33.8 Å². The maximum Gasteiger partial charge on any atom is 0.416 e. The Kier molecular flexibility index (Phi) is 6.07. The SMILES string of the molecule is CCCCc1cn(-c2cccc(S(=O)(=O)Cc3ccccc3C(F)(F)F)c2)nn1. The van der Waals surface area contributed by atoms with Gasteiger partial charge in [-0.2, -0.15) is 13.2 Å². The van der Waals surface area contributed by atoms with E-state index in [1.807, 2.05) is 0 Å². The molecule has 9 heteroatoms. The molecule has 1 heterocycles. The van der Waals surface area contributed by atoms with Crippen LogP contribution in [0.5, 0.6) is 0 Å². The molecule has 2 aromatic carbocycles. The zero-order valence-electron chi connectivity index (χ0n) is 15.7. The van der Waals surface area contributed by atoms with Crippen LogP contribution in [-0.4, -0.2) is 23.4 Å². The van der Waals surface area contributed by atoms with Crippen molar-refractivity contribution in [3.8, 4) is 5.69 Å². The maximum atomic E-state index is 13.2. The summed E-state index contributed by atoms with van der Waals surface area (Å²) >= 11 is 0. The molecule has 154 valence electrons. The minimum atomic E-state index is -4.62. The standard InChI is InChI=1S/C20H20F3N3O2S/c1-2-3-8-16-13-26(25-24-16)17-9-6-10-18(12-17)29(27,28)14-15-7-4-5-11-19(15)20(21,22)23/h4-7,9-13H,2-3,8,14H2,1H3. The molecule has 5 nitrogen and oxygen atoms in total. The summed E-state index contributed by atoms with van der Waals surface area (Å²) in [4.78, 5) is -0.0717. The monoisotopic (exact) mass is 423 g/mol. The smallest absolute Gasteiger partial charge is 0.223 e. The number of rotatable bonds is 7. The highest BCUT2D eigenvalue weighted by molar-refractivity contribution is 7.90. The normalized spacial score (nSPS) is 12.3. The van der Waals surface area contributed by atoms with Crippen molar-refractivity contribution in [2.24, 2.45) is 0 Å². The molecule has 0 aliphatic carbocycles. The zero-order valence-corrected chi connectivity index (χ0v) is 16.5. The first-order valence-corrected chi connectivity index (χ1v) is 10.8. The van der Waals surface area contributed by atoms with E-state index in [1.54, 1.807) is 12.3 Å². The first-order chi connectivity index (χ1) is 13.7. The molecular formula is C20H20F3N3O2S. The van der Waals surface area contributed by atoms with Crippen molar-refractivity contribution >= 4 is 9.84 Å². The molecule has 0 bridgehead atoms. The summed E-state index contributed by atoms with van der Waals surface area (Å²) in [5.74, 6) is -0.745. The lowest BCUT2D eigenvalue weighted by atomic mass is 10.1. The quantitative estimate of drug-likeness (QED) is 0.557. The topological polar surface area (TPSA) is 64.8 Å². The van der Waals surface area contributed by atoms with Gasteiger partial charge in [-0.05, 0) is 42.7 Å². The zero-order chi connectivity index (χ0) is 21.1. The van der Waals surface area contributed by atoms with Crippen molar-refractivity contribution in [1.82, 2.24) is 15.0 Å². The molecule has 0 radical (unpaired) electrons. The number of benzene rings is 2. The Labute approximate surface area is 167 Å². The van der Waals surface area contributed by atoms with Crippen molar-refractivity contribution in [2.45, 2.75) is 43.0 Å². The van der Waals surface area contributed by atoms with Crippen LogP contribution in [-0.2, 0) is 28.2 Å². The molecule has 1 aromatic heterocycles. The number of aromatic nitrogens is 3. The number of alkyl halides is 3. The summed E-state index contributed by atoms with van der Waals surface area (Å²) in [6.45, 7) is 2.07. The fraction of sp³-hybridized carbons (Fsp3) is 0.300. The molecule has 0 atom stereocenters. The third-order valence-electron chi connectivity index (χ3n) is 4.44. The van der Waals surface area contributed by atoms with Gasteiger partial charge in [0, 0.05) is 0 Å². The second-order valence-electron chi connectivity index (χ2n) is 6.67. The number of halogens is 3. The van der Waals surface area contributed by atoms with E-state index in [-0.39, 0.29) is 10.5 Å². The molecule has 0 N–H and O–H groups in total. The van der Waals surface area contributed by atoms with E-state index in [4.69, 9.17) is 0 Å². The van der Waals surface area contributed by atoms with Gasteiger partial charge in [0.1, 0.15) is 0 Å². The highest BCUT2D eigenvalue weighted by Gasteiger charge is 2.34. The molecule has 0 saturated carbocycles. The average molecular weight is 423 g/mol. The Morgan fingerprint density at radius 1 is 1.07 bits per heavy atom. The molecule has 0 spiro atoms. The summed E-state index contributed by atoms with van der Waals surface area (Å²) in [6.07, 6.45) is -0.154. The predicted octanol–water partition coefficient (Wildman–Crippen LogP) is 4.60. The van der Waals surface area contributed by atoms with Gasteiger partial charge >= 0.3 is 6.18 Å². The molecule has 0 fully saturated rings. The van der Waals surface area contributed by atoms with Crippen LogP contribution in [0.4, 0.5) is 13.2 Å². The summed E-state index contributed by atoms with van der Waals surface area (Å²) in [5.41, 5.74) is 0.0363. The van der Waals surface area contributed by atoms with E-state index in [9.17, 15) is 21.6 Å². The Morgan fingerprint density at radius 2 is 1.83 bits per heavy atom. The van der Waals surface area contributed by atoms with Gasteiger partial charge in [-0.15, -0.1) is 5.10 Å². The maximum absolute atomic E-state index is 13.2. The van der Waals surface area contributed by atoms with Crippen LogP contribution in [0, 0.1) is 0 Å². The van der Waals surface area contributed by atoms with Crippen molar-refractivity contribution in [2.75, 3.05) is 0 Å². The Hall–Kier alpha value is -2.68. The van der Waals surface area contributed by atoms with Crippen molar-refractivity contribution < 1.29 is 21.6 Å². The van der Waals surface area contributed by atoms with E-state index >= 15 is 0 Å². The number of aryl methyl sites for hydroxylation is 1. The number of sulfone groups is 1. The number of nitrogens with zero attached hydrogens (tertiary/aromatic N) is 3. The minimum absolute atomic E-state index is 0.0717. The predicted molar refractivity (Wildman–Crippen MR) is 102 cm³/mol. The first kappa shape index (κ1) is 21.0. The van der Waals surface area contributed by atoms with E-state index < -0.39 is 27.3 Å². The fourth-order valence-corrected chi connectivity index (χ4v) is 4.34. The number of unbranched alkanes of at least 4 members (excludes halogenated alkanes) is 1. The van der Waals surface area contributed by atoms with Crippen molar-refractivity contribution in [1.29, 1.82) is 0 Å². The molecule has 0 aliphatic heterocycles. The summed E-state index contributed by atoms with van der Waals surface area (Å²) in [5, 5.41) is 8.08. The Balaban J connectivity index is 1.89. The van der Waals surface area contributed by atoms with Gasteiger partial charge in [-0.25, -0.2) is 13.1 Å². The van der Waals surface area contributed by atoms with E-state index in [0.717, 1.165) is 31.0 Å². The highest BCUT2D eigenvalue weighted by atomic mass is 32.2. The van der Waals surface area contributed by atoms with Crippen LogP contribution >= 0.6 is 0 Å². The lowest BCUT2D eigenvalue weighted by molar-refractivity contribution is -0.138. The van der Waals surface area contributed by atoms with E-state index in [1.165, 1.54) is 41.1 Å². The van der Waals surface area contributed by atoms with Gasteiger partial charge in [-0.1, -0.05) is 42.8 Å². The lowest BCUT2D eigenvalue weighted by Crippen LogP contribution is -2.13. The Bertz CT molecular complexity index is 1090. The summed E-state index contributed by atoms with van der Waals surface area (Å²) in [6, 6.07) is 10.7. The lowest BCUT2D eigenvalue weighted by Gasteiger charge is -2.13. The minimum Gasteiger partial charge on any atom is -0.223 e. The molecule has 0 amide bonds. The molecule has 29 heavy (non-hydrogen) atoms. The van der Waals surface area contributed by atoms with Crippen LogP contribution in [0.3, 0.4) is 0 Å². The van der Waals surface area contributed by atoms with Crippen LogP contribution < -0.4 is 0 Å². The van der Waals surface area contributed by atoms with Gasteiger partial charge in [-0.3, -0.25) is 0 Å². The van der Waals surface area contributed by atoms with Gasteiger partial charge in [0.25, 0.3) is 0 Å². The molecular weight excluding hydrogens is 403 g/mol. The second kappa shape index (κ2) is 8.36. The van der Waals surface area contributed by atoms with Crippen LogP contribution in [0.15, 0.2) is 59.6 Å². The third-order valence-corrected chi connectivity index (χ3v) is 6.10.